The van der Waals surface area contributed by atoms with Crippen LogP contribution in [-0.2, 0) is 9.59 Å². The fraction of sp³-hybridized carbons (Fsp3) is 0.375. The molecule has 1 heterocycles. The van der Waals surface area contributed by atoms with Crippen LogP contribution in [0.4, 0.5) is 0 Å². The highest BCUT2D eigenvalue weighted by Crippen LogP contribution is 2.30. The van der Waals surface area contributed by atoms with Crippen LogP contribution in [0.2, 0.25) is 0 Å². The molecule has 0 atom stereocenters. The SMILES string of the molecule is Cl.NC1CCC(N2C(=O)C=C(c3ccccc3)C2=O)CC1. The highest BCUT2D eigenvalue weighted by molar-refractivity contribution is 6.33. The zero-order chi connectivity index (χ0) is 14.1. The van der Waals surface area contributed by atoms with Gasteiger partial charge in [-0.2, -0.15) is 0 Å². The lowest BCUT2D eigenvalue weighted by atomic mass is 9.90. The molecule has 1 aromatic rings. The van der Waals surface area contributed by atoms with E-state index in [1.54, 1.807) is 0 Å². The molecule has 0 bridgehead atoms. The number of halogens is 1. The summed E-state index contributed by atoms with van der Waals surface area (Å²) in [5.74, 6) is -0.351. The van der Waals surface area contributed by atoms with Crippen molar-refractivity contribution in [1.82, 2.24) is 4.90 Å². The van der Waals surface area contributed by atoms with Gasteiger partial charge in [0, 0.05) is 18.2 Å². The summed E-state index contributed by atoms with van der Waals surface area (Å²) in [5.41, 5.74) is 7.19. The topological polar surface area (TPSA) is 63.4 Å². The van der Waals surface area contributed by atoms with Crippen molar-refractivity contribution in [2.75, 3.05) is 0 Å². The number of nitrogens with zero attached hydrogens (tertiary/aromatic N) is 1. The minimum absolute atomic E-state index is 0. The van der Waals surface area contributed by atoms with Crippen LogP contribution >= 0.6 is 12.4 Å². The van der Waals surface area contributed by atoms with Gasteiger partial charge in [-0.25, -0.2) is 0 Å². The average molecular weight is 307 g/mol. The standard InChI is InChI=1S/C16H18N2O2.ClH/c17-12-6-8-13(9-7-12)18-15(19)10-14(16(18)20)11-4-2-1-3-5-11;/h1-5,10,12-13H,6-9,17H2;1H. The largest absolute Gasteiger partial charge is 0.328 e. The number of amides is 2. The summed E-state index contributed by atoms with van der Waals surface area (Å²) in [6, 6.07) is 9.57. The summed E-state index contributed by atoms with van der Waals surface area (Å²) in [5, 5.41) is 0. The maximum absolute atomic E-state index is 12.5. The van der Waals surface area contributed by atoms with Gasteiger partial charge in [-0.05, 0) is 31.2 Å². The molecule has 5 heteroatoms. The van der Waals surface area contributed by atoms with E-state index < -0.39 is 0 Å². The molecule has 2 aliphatic rings. The molecule has 0 radical (unpaired) electrons. The summed E-state index contributed by atoms with van der Waals surface area (Å²) >= 11 is 0. The number of rotatable bonds is 2. The Kier molecular flexibility index (Phi) is 4.80. The molecule has 112 valence electrons. The van der Waals surface area contributed by atoms with Crippen molar-refractivity contribution in [1.29, 1.82) is 0 Å². The van der Waals surface area contributed by atoms with E-state index in [-0.39, 0.29) is 36.3 Å². The average Bonchev–Trinajstić information content (AvgIpc) is 2.76. The molecule has 0 unspecified atom stereocenters. The van der Waals surface area contributed by atoms with Crippen LogP contribution < -0.4 is 5.73 Å². The number of carbonyl (C=O) groups is 2. The third-order valence-electron chi connectivity index (χ3n) is 4.15. The van der Waals surface area contributed by atoms with Gasteiger partial charge in [0.25, 0.3) is 11.8 Å². The number of carbonyl (C=O) groups excluding carboxylic acids is 2. The van der Waals surface area contributed by atoms with Crippen molar-refractivity contribution in [2.45, 2.75) is 37.8 Å². The van der Waals surface area contributed by atoms with Crippen LogP contribution in [0.25, 0.3) is 5.57 Å². The molecule has 1 saturated carbocycles. The minimum Gasteiger partial charge on any atom is -0.328 e. The van der Waals surface area contributed by atoms with Gasteiger partial charge in [0.2, 0.25) is 0 Å². The van der Waals surface area contributed by atoms with Crippen LogP contribution in [0.15, 0.2) is 36.4 Å². The van der Waals surface area contributed by atoms with Gasteiger partial charge in [0.1, 0.15) is 0 Å². The van der Waals surface area contributed by atoms with Crippen molar-refractivity contribution in [3.8, 4) is 0 Å². The maximum atomic E-state index is 12.5. The summed E-state index contributed by atoms with van der Waals surface area (Å²) in [4.78, 5) is 26.1. The normalized spacial score (nSPS) is 25.6. The molecule has 1 fully saturated rings. The molecular weight excluding hydrogens is 288 g/mol. The van der Waals surface area contributed by atoms with Gasteiger partial charge in [-0.15, -0.1) is 12.4 Å². The van der Waals surface area contributed by atoms with E-state index in [2.05, 4.69) is 0 Å². The van der Waals surface area contributed by atoms with E-state index in [0.29, 0.717) is 5.57 Å². The van der Waals surface area contributed by atoms with E-state index in [9.17, 15) is 9.59 Å². The van der Waals surface area contributed by atoms with E-state index in [0.717, 1.165) is 31.2 Å². The first-order chi connectivity index (χ1) is 9.66. The van der Waals surface area contributed by atoms with Gasteiger partial charge in [-0.1, -0.05) is 30.3 Å². The molecule has 1 aliphatic heterocycles. The van der Waals surface area contributed by atoms with Gasteiger partial charge >= 0.3 is 0 Å². The highest BCUT2D eigenvalue weighted by Gasteiger charge is 2.37. The molecule has 2 N–H and O–H groups in total. The van der Waals surface area contributed by atoms with Crippen molar-refractivity contribution >= 4 is 29.8 Å². The first kappa shape index (κ1) is 15.7. The van der Waals surface area contributed by atoms with Gasteiger partial charge < -0.3 is 5.73 Å². The number of benzene rings is 1. The summed E-state index contributed by atoms with van der Waals surface area (Å²) < 4.78 is 0. The van der Waals surface area contributed by atoms with Crippen LogP contribution in [0.3, 0.4) is 0 Å². The first-order valence-corrected chi connectivity index (χ1v) is 7.07. The Balaban J connectivity index is 0.00000161. The van der Waals surface area contributed by atoms with E-state index in [4.69, 9.17) is 5.73 Å². The Morgan fingerprint density at radius 2 is 1.62 bits per heavy atom. The Hall–Kier alpha value is -1.65. The fourth-order valence-electron chi connectivity index (χ4n) is 3.01. The molecule has 3 rings (SSSR count). The van der Waals surface area contributed by atoms with Crippen LogP contribution in [0, 0.1) is 0 Å². The maximum Gasteiger partial charge on any atom is 0.261 e. The molecule has 0 aromatic heterocycles. The van der Waals surface area contributed by atoms with Crippen LogP contribution in [0.1, 0.15) is 31.2 Å². The molecule has 2 amide bonds. The Morgan fingerprint density at radius 1 is 1.00 bits per heavy atom. The van der Waals surface area contributed by atoms with Gasteiger partial charge in [0.05, 0.1) is 5.57 Å². The number of nitrogens with two attached hydrogens (primary N) is 1. The lowest BCUT2D eigenvalue weighted by molar-refractivity contribution is -0.139. The lowest BCUT2D eigenvalue weighted by Gasteiger charge is -2.32. The highest BCUT2D eigenvalue weighted by atomic mass is 35.5. The fourth-order valence-corrected chi connectivity index (χ4v) is 3.01. The summed E-state index contributed by atoms with van der Waals surface area (Å²) in [6.45, 7) is 0. The quantitative estimate of drug-likeness (QED) is 0.851. The third kappa shape index (κ3) is 3.01. The van der Waals surface area contributed by atoms with Crippen LogP contribution in [-0.4, -0.2) is 28.8 Å². The second-order valence-corrected chi connectivity index (χ2v) is 5.51. The first-order valence-electron chi connectivity index (χ1n) is 7.07. The molecule has 0 saturated heterocycles. The molecule has 4 nitrogen and oxygen atoms in total. The third-order valence-corrected chi connectivity index (χ3v) is 4.15. The Labute approximate surface area is 130 Å². The van der Waals surface area contributed by atoms with Crippen molar-refractivity contribution in [3.63, 3.8) is 0 Å². The second-order valence-electron chi connectivity index (χ2n) is 5.51. The van der Waals surface area contributed by atoms with E-state index in [1.807, 2.05) is 30.3 Å². The lowest BCUT2D eigenvalue weighted by Crippen LogP contribution is -2.44. The Bertz CT molecular complexity index is 563. The number of hydrogen-bond donors (Lipinski definition) is 1. The monoisotopic (exact) mass is 306 g/mol. The van der Waals surface area contributed by atoms with Crippen molar-refractivity contribution < 1.29 is 9.59 Å². The van der Waals surface area contributed by atoms with Crippen molar-refractivity contribution in [2.24, 2.45) is 5.73 Å². The second kappa shape index (κ2) is 6.41. The van der Waals surface area contributed by atoms with Crippen molar-refractivity contribution in [3.05, 3.63) is 42.0 Å². The molecule has 0 spiro atoms. The predicted octanol–water partition coefficient (Wildman–Crippen LogP) is 2.13. The molecular formula is C16H19ClN2O2. The summed E-state index contributed by atoms with van der Waals surface area (Å²) in [6.07, 6.45) is 4.85. The van der Waals surface area contributed by atoms with Gasteiger partial charge in [0.15, 0.2) is 0 Å². The van der Waals surface area contributed by atoms with E-state index in [1.165, 1.54) is 11.0 Å². The molecule has 21 heavy (non-hydrogen) atoms. The minimum atomic E-state index is -0.186. The smallest absolute Gasteiger partial charge is 0.261 e. The molecule has 1 aliphatic carbocycles. The zero-order valence-corrected chi connectivity index (χ0v) is 12.5. The Morgan fingerprint density at radius 3 is 2.24 bits per heavy atom. The van der Waals surface area contributed by atoms with Gasteiger partial charge in [-0.3, -0.25) is 14.5 Å². The zero-order valence-electron chi connectivity index (χ0n) is 11.7. The van der Waals surface area contributed by atoms with Crippen LogP contribution in [0.5, 0.6) is 0 Å². The number of hydrogen-bond acceptors (Lipinski definition) is 3. The molecule has 1 aromatic carbocycles. The van der Waals surface area contributed by atoms with E-state index >= 15 is 0 Å². The number of imide groups is 1. The summed E-state index contributed by atoms with van der Waals surface area (Å²) in [7, 11) is 0. The predicted molar refractivity (Wildman–Crippen MR) is 83.8 cm³/mol.